The van der Waals surface area contributed by atoms with Crippen LogP contribution < -0.4 is 10.9 Å². The summed E-state index contributed by atoms with van der Waals surface area (Å²) in [5.41, 5.74) is 9.99. The Labute approximate surface area is 162 Å². The predicted octanol–water partition coefficient (Wildman–Crippen LogP) is 1.47. The summed E-state index contributed by atoms with van der Waals surface area (Å²) in [5.74, 6) is -0.922. The molecule has 2 heterocycles. The van der Waals surface area contributed by atoms with Crippen LogP contribution in [-0.4, -0.2) is 36.6 Å². The largest absolute Gasteiger partial charge is 0.292 e. The van der Waals surface area contributed by atoms with Crippen LogP contribution in [0, 0.1) is 34.6 Å². The van der Waals surface area contributed by atoms with Crippen molar-refractivity contribution in [2.24, 2.45) is 0 Å². The molecule has 0 spiro atoms. The van der Waals surface area contributed by atoms with Gasteiger partial charge in [-0.1, -0.05) is 17.7 Å². The molecule has 0 fully saturated rings. The average molecular weight is 381 g/mol. The summed E-state index contributed by atoms with van der Waals surface area (Å²) in [7, 11) is 0. The Balaban J connectivity index is 1.67. The molecular formula is C19H23N7O2. The van der Waals surface area contributed by atoms with Crippen molar-refractivity contribution in [1.82, 2.24) is 35.6 Å². The zero-order chi connectivity index (χ0) is 20.4. The molecular weight excluding hydrogens is 358 g/mol. The molecule has 0 aliphatic rings. The molecule has 1 aromatic carbocycles. The quantitative estimate of drug-likeness (QED) is 0.666. The van der Waals surface area contributed by atoms with Gasteiger partial charge in [0.2, 0.25) is 0 Å². The van der Waals surface area contributed by atoms with Crippen LogP contribution in [0.3, 0.4) is 0 Å². The van der Waals surface area contributed by atoms with Crippen molar-refractivity contribution in [3.63, 3.8) is 0 Å². The number of rotatable bonds is 4. The van der Waals surface area contributed by atoms with E-state index in [9.17, 15) is 9.59 Å². The molecule has 0 atom stereocenters. The van der Waals surface area contributed by atoms with Crippen molar-refractivity contribution in [1.29, 1.82) is 0 Å². The van der Waals surface area contributed by atoms with Gasteiger partial charge >= 0.3 is 0 Å². The van der Waals surface area contributed by atoms with Crippen LogP contribution in [0.25, 0.3) is 5.69 Å². The van der Waals surface area contributed by atoms with E-state index in [-0.39, 0.29) is 18.1 Å². The number of aryl methyl sites for hydroxylation is 5. The molecule has 0 bridgehead atoms. The SMILES string of the molecule is Cc1ccc(-n2nc(C)c(C(=O)NNC(=O)Cn3nc(C)cc3C)n2)c(C)c1. The number of hydrogen-bond acceptors (Lipinski definition) is 5. The highest BCUT2D eigenvalue weighted by molar-refractivity contribution is 5.94. The fourth-order valence-electron chi connectivity index (χ4n) is 2.92. The second-order valence-electron chi connectivity index (χ2n) is 6.80. The van der Waals surface area contributed by atoms with Gasteiger partial charge in [-0.05, 0) is 52.3 Å². The lowest BCUT2D eigenvalue weighted by Gasteiger charge is -2.07. The topological polar surface area (TPSA) is 107 Å². The highest BCUT2D eigenvalue weighted by Gasteiger charge is 2.18. The number of carbonyl (C=O) groups is 2. The lowest BCUT2D eigenvalue weighted by Crippen LogP contribution is -2.43. The minimum atomic E-state index is -0.532. The van der Waals surface area contributed by atoms with E-state index in [1.165, 1.54) is 4.80 Å². The molecule has 3 rings (SSSR count). The Hall–Kier alpha value is -3.49. The summed E-state index contributed by atoms with van der Waals surface area (Å²) in [6.45, 7) is 9.38. The Morgan fingerprint density at radius 1 is 0.964 bits per heavy atom. The molecule has 9 heteroatoms. The Morgan fingerprint density at radius 2 is 1.71 bits per heavy atom. The number of hydrogen-bond donors (Lipinski definition) is 2. The summed E-state index contributed by atoms with van der Waals surface area (Å²) in [6.07, 6.45) is 0. The van der Waals surface area contributed by atoms with Crippen LogP contribution >= 0.6 is 0 Å². The fraction of sp³-hybridized carbons (Fsp3) is 0.316. The van der Waals surface area contributed by atoms with Crippen LogP contribution in [0.5, 0.6) is 0 Å². The Kier molecular flexibility index (Phi) is 5.25. The van der Waals surface area contributed by atoms with Crippen molar-refractivity contribution < 1.29 is 9.59 Å². The standard InChI is InChI=1S/C19H23N7O2/c1-11-6-7-16(12(2)8-11)26-23-15(5)18(24-26)19(28)21-20-17(27)10-25-14(4)9-13(3)22-25/h6-9H,10H2,1-5H3,(H,20,27)(H,21,28). The van der Waals surface area contributed by atoms with Gasteiger partial charge in [-0.2, -0.15) is 15.0 Å². The van der Waals surface area contributed by atoms with Crippen LogP contribution in [0.15, 0.2) is 24.3 Å². The molecule has 146 valence electrons. The minimum absolute atomic E-state index is 0.00812. The van der Waals surface area contributed by atoms with Gasteiger partial charge < -0.3 is 0 Å². The first-order chi connectivity index (χ1) is 13.2. The average Bonchev–Trinajstić information content (AvgIpc) is 3.14. The van der Waals surface area contributed by atoms with E-state index in [0.717, 1.165) is 28.2 Å². The maximum Gasteiger partial charge on any atom is 0.292 e. The first-order valence-corrected chi connectivity index (χ1v) is 8.86. The van der Waals surface area contributed by atoms with Gasteiger partial charge in [0, 0.05) is 5.69 Å². The summed E-state index contributed by atoms with van der Waals surface area (Å²) < 4.78 is 1.57. The lowest BCUT2D eigenvalue weighted by molar-refractivity contribution is -0.122. The van der Waals surface area contributed by atoms with E-state index in [0.29, 0.717) is 5.69 Å². The van der Waals surface area contributed by atoms with Crippen LogP contribution in [0.1, 0.15) is 38.7 Å². The van der Waals surface area contributed by atoms with Gasteiger partial charge in [0.25, 0.3) is 11.8 Å². The first-order valence-electron chi connectivity index (χ1n) is 8.86. The Bertz CT molecular complexity index is 1050. The molecule has 0 radical (unpaired) electrons. The van der Waals surface area contributed by atoms with E-state index in [4.69, 9.17) is 0 Å². The van der Waals surface area contributed by atoms with E-state index < -0.39 is 5.91 Å². The molecule has 2 aromatic heterocycles. The monoisotopic (exact) mass is 381 g/mol. The van der Waals surface area contributed by atoms with Crippen molar-refractivity contribution in [2.45, 2.75) is 41.2 Å². The normalized spacial score (nSPS) is 10.8. The molecule has 9 nitrogen and oxygen atoms in total. The number of aromatic nitrogens is 5. The number of hydrazine groups is 1. The van der Waals surface area contributed by atoms with Gasteiger partial charge in [0.05, 0.1) is 17.1 Å². The third-order valence-corrected chi connectivity index (χ3v) is 4.28. The summed E-state index contributed by atoms with van der Waals surface area (Å²) in [5, 5.41) is 12.8. The summed E-state index contributed by atoms with van der Waals surface area (Å²) >= 11 is 0. The number of nitrogens with zero attached hydrogens (tertiary/aromatic N) is 5. The van der Waals surface area contributed by atoms with Crippen LogP contribution in [0.2, 0.25) is 0 Å². The molecule has 0 aliphatic heterocycles. The van der Waals surface area contributed by atoms with Gasteiger partial charge in [-0.25, -0.2) is 0 Å². The second kappa shape index (κ2) is 7.63. The molecule has 0 saturated heterocycles. The summed E-state index contributed by atoms with van der Waals surface area (Å²) in [6, 6.07) is 7.76. The molecule has 2 N–H and O–H groups in total. The fourth-order valence-corrected chi connectivity index (χ4v) is 2.92. The summed E-state index contributed by atoms with van der Waals surface area (Å²) in [4.78, 5) is 25.9. The Morgan fingerprint density at radius 3 is 2.36 bits per heavy atom. The highest BCUT2D eigenvalue weighted by atomic mass is 16.2. The minimum Gasteiger partial charge on any atom is -0.271 e. The smallest absolute Gasteiger partial charge is 0.271 e. The van der Waals surface area contributed by atoms with E-state index in [1.54, 1.807) is 11.6 Å². The maximum absolute atomic E-state index is 12.4. The zero-order valence-corrected chi connectivity index (χ0v) is 16.6. The van der Waals surface area contributed by atoms with Crippen molar-refractivity contribution in [3.05, 3.63) is 58.2 Å². The third-order valence-electron chi connectivity index (χ3n) is 4.28. The number of carbonyl (C=O) groups excluding carboxylic acids is 2. The number of amides is 2. The molecule has 2 amide bonds. The molecule has 0 saturated carbocycles. The zero-order valence-electron chi connectivity index (χ0n) is 16.6. The van der Waals surface area contributed by atoms with Crippen molar-refractivity contribution >= 4 is 11.8 Å². The van der Waals surface area contributed by atoms with Gasteiger partial charge in [-0.15, -0.1) is 5.10 Å². The van der Waals surface area contributed by atoms with Gasteiger partial charge in [-0.3, -0.25) is 25.1 Å². The molecule has 3 aromatic rings. The second-order valence-corrected chi connectivity index (χ2v) is 6.80. The lowest BCUT2D eigenvalue weighted by atomic mass is 10.1. The van der Waals surface area contributed by atoms with Crippen LogP contribution in [0.4, 0.5) is 0 Å². The molecule has 28 heavy (non-hydrogen) atoms. The van der Waals surface area contributed by atoms with Crippen molar-refractivity contribution in [2.75, 3.05) is 0 Å². The van der Waals surface area contributed by atoms with Crippen molar-refractivity contribution in [3.8, 4) is 5.69 Å². The maximum atomic E-state index is 12.4. The van der Waals surface area contributed by atoms with Gasteiger partial charge in [0.1, 0.15) is 6.54 Å². The third kappa shape index (κ3) is 4.08. The predicted molar refractivity (Wildman–Crippen MR) is 103 cm³/mol. The first kappa shape index (κ1) is 19.3. The van der Waals surface area contributed by atoms with Crippen LogP contribution in [-0.2, 0) is 11.3 Å². The molecule has 0 aliphatic carbocycles. The van der Waals surface area contributed by atoms with E-state index >= 15 is 0 Å². The molecule has 0 unspecified atom stereocenters. The highest BCUT2D eigenvalue weighted by Crippen LogP contribution is 2.15. The van der Waals surface area contributed by atoms with E-state index in [1.807, 2.05) is 52.0 Å². The van der Waals surface area contributed by atoms with E-state index in [2.05, 4.69) is 26.1 Å². The van der Waals surface area contributed by atoms with Gasteiger partial charge in [0.15, 0.2) is 5.69 Å². The number of benzene rings is 1. The number of nitrogens with one attached hydrogen (secondary N) is 2.